The lowest BCUT2D eigenvalue weighted by Gasteiger charge is -2.16. The SMILES string of the molecule is Cc1ccc(C(NC(=O)c2ccc(C(=O)N(C)C)cc2)C(=O)O)cc1C. The molecule has 0 aromatic heterocycles. The normalized spacial score (nSPS) is 11.5. The maximum atomic E-state index is 12.4. The molecule has 1 unspecified atom stereocenters. The van der Waals surface area contributed by atoms with Crippen LogP contribution in [-0.2, 0) is 4.79 Å². The molecule has 0 aliphatic rings. The third-order valence-corrected chi connectivity index (χ3v) is 4.19. The molecule has 6 heteroatoms. The zero-order valence-corrected chi connectivity index (χ0v) is 15.2. The number of amides is 2. The van der Waals surface area contributed by atoms with Gasteiger partial charge in [-0.2, -0.15) is 0 Å². The average molecular weight is 354 g/mol. The fourth-order valence-corrected chi connectivity index (χ4v) is 2.47. The molecule has 2 aromatic carbocycles. The van der Waals surface area contributed by atoms with Gasteiger partial charge in [0.2, 0.25) is 0 Å². The van der Waals surface area contributed by atoms with Gasteiger partial charge >= 0.3 is 5.97 Å². The van der Waals surface area contributed by atoms with E-state index in [-0.39, 0.29) is 11.5 Å². The molecule has 0 saturated carbocycles. The van der Waals surface area contributed by atoms with Gasteiger partial charge < -0.3 is 15.3 Å². The van der Waals surface area contributed by atoms with Crippen molar-refractivity contribution in [2.45, 2.75) is 19.9 Å². The predicted octanol–water partition coefficient (Wildman–Crippen LogP) is 2.56. The van der Waals surface area contributed by atoms with E-state index >= 15 is 0 Å². The van der Waals surface area contributed by atoms with Crippen molar-refractivity contribution < 1.29 is 19.5 Å². The molecule has 0 aliphatic carbocycles. The second kappa shape index (κ2) is 7.82. The van der Waals surface area contributed by atoms with Crippen molar-refractivity contribution in [3.8, 4) is 0 Å². The number of hydrogen-bond donors (Lipinski definition) is 2. The van der Waals surface area contributed by atoms with Gasteiger partial charge in [0.05, 0.1) is 0 Å². The van der Waals surface area contributed by atoms with Crippen LogP contribution in [0.4, 0.5) is 0 Å². The molecule has 0 heterocycles. The highest BCUT2D eigenvalue weighted by Gasteiger charge is 2.23. The molecule has 136 valence electrons. The molecule has 2 N–H and O–H groups in total. The number of hydrogen-bond acceptors (Lipinski definition) is 3. The second-order valence-electron chi connectivity index (χ2n) is 6.37. The zero-order chi connectivity index (χ0) is 19.4. The monoisotopic (exact) mass is 354 g/mol. The summed E-state index contributed by atoms with van der Waals surface area (Å²) in [5, 5.41) is 12.0. The van der Waals surface area contributed by atoms with E-state index in [2.05, 4.69) is 5.32 Å². The van der Waals surface area contributed by atoms with Crippen molar-refractivity contribution in [2.75, 3.05) is 14.1 Å². The molecule has 0 radical (unpaired) electrons. The van der Waals surface area contributed by atoms with E-state index in [4.69, 9.17) is 0 Å². The molecule has 26 heavy (non-hydrogen) atoms. The first-order valence-corrected chi connectivity index (χ1v) is 8.13. The fraction of sp³-hybridized carbons (Fsp3) is 0.250. The van der Waals surface area contributed by atoms with Gasteiger partial charge in [0, 0.05) is 25.2 Å². The van der Waals surface area contributed by atoms with Gasteiger partial charge in [-0.25, -0.2) is 4.79 Å². The Kier molecular flexibility index (Phi) is 5.77. The molecule has 2 rings (SSSR count). The number of nitrogens with one attached hydrogen (secondary N) is 1. The maximum absolute atomic E-state index is 12.4. The minimum absolute atomic E-state index is 0.171. The van der Waals surface area contributed by atoms with E-state index in [1.54, 1.807) is 38.4 Å². The van der Waals surface area contributed by atoms with Crippen molar-refractivity contribution in [1.82, 2.24) is 10.2 Å². The Labute approximate surface area is 152 Å². The fourth-order valence-electron chi connectivity index (χ4n) is 2.47. The van der Waals surface area contributed by atoms with Gasteiger partial charge in [0.1, 0.15) is 0 Å². The summed E-state index contributed by atoms with van der Waals surface area (Å²) < 4.78 is 0. The Morgan fingerprint density at radius 3 is 2.00 bits per heavy atom. The number of aliphatic carboxylic acids is 1. The molecule has 1 atom stereocenters. The first kappa shape index (κ1) is 19.2. The van der Waals surface area contributed by atoms with Crippen molar-refractivity contribution >= 4 is 17.8 Å². The van der Waals surface area contributed by atoms with Crippen LogP contribution in [0.5, 0.6) is 0 Å². The molecule has 2 aromatic rings. The van der Waals surface area contributed by atoms with Crippen LogP contribution < -0.4 is 5.32 Å². The highest BCUT2D eigenvalue weighted by Crippen LogP contribution is 2.18. The molecule has 0 fully saturated rings. The van der Waals surface area contributed by atoms with Gasteiger partial charge in [-0.3, -0.25) is 9.59 Å². The Balaban J connectivity index is 2.21. The van der Waals surface area contributed by atoms with E-state index in [9.17, 15) is 19.5 Å². The molecule has 2 amide bonds. The number of carboxylic acids is 1. The summed E-state index contributed by atoms with van der Waals surface area (Å²) in [6.07, 6.45) is 0. The van der Waals surface area contributed by atoms with Gasteiger partial charge in [0.15, 0.2) is 6.04 Å². The Hall–Kier alpha value is -3.15. The van der Waals surface area contributed by atoms with Crippen LogP contribution >= 0.6 is 0 Å². The smallest absolute Gasteiger partial charge is 0.330 e. The summed E-state index contributed by atoms with van der Waals surface area (Å²) in [6.45, 7) is 3.82. The van der Waals surface area contributed by atoms with Crippen LogP contribution in [0.15, 0.2) is 42.5 Å². The summed E-state index contributed by atoms with van der Waals surface area (Å²) in [5.41, 5.74) is 3.25. The number of rotatable bonds is 5. The first-order valence-electron chi connectivity index (χ1n) is 8.13. The van der Waals surface area contributed by atoms with Crippen molar-refractivity contribution in [3.63, 3.8) is 0 Å². The molecule has 0 spiro atoms. The topological polar surface area (TPSA) is 86.7 Å². The predicted molar refractivity (Wildman–Crippen MR) is 98.2 cm³/mol. The quantitative estimate of drug-likeness (QED) is 0.864. The van der Waals surface area contributed by atoms with Gasteiger partial charge in [-0.15, -0.1) is 0 Å². The van der Waals surface area contributed by atoms with Crippen LogP contribution in [0.1, 0.15) is 43.4 Å². The number of nitrogens with zero attached hydrogens (tertiary/aromatic N) is 1. The second-order valence-corrected chi connectivity index (χ2v) is 6.37. The molecular weight excluding hydrogens is 332 g/mol. The summed E-state index contributed by atoms with van der Waals surface area (Å²) in [6, 6.07) is 10.2. The largest absolute Gasteiger partial charge is 0.479 e. The van der Waals surface area contributed by atoms with Crippen LogP contribution in [0.2, 0.25) is 0 Å². The number of carbonyl (C=O) groups is 3. The Morgan fingerprint density at radius 2 is 1.50 bits per heavy atom. The van der Waals surface area contributed by atoms with Crippen LogP contribution in [0.3, 0.4) is 0 Å². The summed E-state index contributed by atoms with van der Waals surface area (Å²) in [4.78, 5) is 37.4. The van der Waals surface area contributed by atoms with E-state index < -0.39 is 17.9 Å². The Bertz CT molecular complexity index is 841. The summed E-state index contributed by atoms with van der Waals surface area (Å²) in [7, 11) is 3.29. The zero-order valence-electron chi connectivity index (χ0n) is 15.2. The summed E-state index contributed by atoms with van der Waals surface area (Å²) >= 11 is 0. The average Bonchev–Trinajstić information content (AvgIpc) is 2.61. The lowest BCUT2D eigenvalue weighted by atomic mass is 10.0. The molecule has 0 aliphatic heterocycles. The first-order chi connectivity index (χ1) is 12.2. The van der Waals surface area contributed by atoms with E-state index in [1.165, 1.54) is 17.0 Å². The number of carboxylic acid groups (broad SMARTS) is 1. The van der Waals surface area contributed by atoms with Crippen molar-refractivity contribution in [2.24, 2.45) is 0 Å². The van der Waals surface area contributed by atoms with Gasteiger partial charge in [-0.05, 0) is 54.8 Å². The van der Waals surface area contributed by atoms with Crippen LogP contribution in [0.25, 0.3) is 0 Å². The number of benzene rings is 2. The van der Waals surface area contributed by atoms with Crippen molar-refractivity contribution in [3.05, 3.63) is 70.3 Å². The molecule has 0 saturated heterocycles. The molecular formula is C20H22N2O4. The minimum Gasteiger partial charge on any atom is -0.479 e. The minimum atomic E-state index is -1.15. The molecule has 0 bridgehead atoms. The maximum Gasteiger partial charge on any atom is 0.330 e. The number of carbonyl (C=O) groups excluding carboxylic acids is 2. The highest BCUT2D eigenvalue weighted by atomic mass is 16.4. The standard InChI is InChI=1S/C20H22N2O4/c1-12-5-6-16(11-13(12)2)17(20(25)26)21-18(23)14-7-9-15(10-8-14)19(24)22(3)4/h5-11,17H,1-4H3,(H,21,23)(H,25,26). The lowest BCUT2D eigenvalue weighted by Crippen LogP contribution is -2.33. The van der Waals surface area contributed by atoms with E-state index in [0.717, 1.165) is 11.1 Å². The van der Waals surface area contributed by atoms with Crippen molar-refractivity contribution in [1.29, 1.82) is 0 Å². The third-order valence-electron chi connectivity index (χ3n) is 4.19. The molecule has 6 nitrogen and oxygen atoms in total. The Morgan fingerprint density at radius 1 is 0.923 bits per heavy atom. The lowest BCUT2D eigenvalue weighted by molar-refractivity contribution is -0.139. The van der Waals surface area contributed by atoms with Crippen LogP contribution in [-0.4, -0.2) is 41.9 Å². The van der Waals surface area contributed by atoms with E-state index in [1.807, 2.05) is 19.9 Å². The highest BCUT2D eigenvalue weighted by molar-refractivity contribution is 5.99. The van der Waals surface area contributed by atoms with Crippen LogP contribution in [0, 0.1) is 13.8 Å². The van der Waals surface area contributed by atoms with Gasteiger partial charge in [0.25, 0.3) is 11.8 Å². The van der Waals surface area contributed by atoms with Gasteiger partial charge in [-0.1, -0.05) is 18.2 Å². The third kappa shape index (κ3) is 4.27. The number of aryl methyl sites for hydroxylation is 2. The van der Waals surface area contributed by atoms with E-state index in [0.29, 0.717) is 11.1 Å². The summed E-state index contributed by atoms with van der Waals surface area (Å²) in [5.74, 6) is -1.82.